The minimum atomic E-state index is -0.159. The number of nitrogens with zero attached hydrogens (tertiary/aromatic N) is 1. The summed E-state index contributed by atoms with van der Waals surface area (Å²) in [7, 11) is 0. The van der Waals surface area contributed by atoms with E-state index >= 15 is 0 Å². The average molecular weight is 300 g/mol. The Hall–Kier alpha value is -1.65. The normalized spacial score (nSPS) is 16.8. The first-order chi connectivity index (χ1) is 10.3. The van der Waals surface area contributed by atoms with E-state index in [1.165, 1.54) is 17.7 Å². The third kappa shape index (κ3) is 3.52. The van der Waals surface area contributed by atoms with Crippen molar-refractivity contribution in [1.82, 2.24) is 10.2 Å². The van der Waals surface area contributed by atoms with Crippen molar-refractivity contribution in [3.63, 3.8) is 0 Å². The molecule has 0 spiro atoms. The molecule has 1 aliphatic heterocycles. The molecule has 3 rings (SSSR count). The van der Waals surface area contributed by atoms with Crippen molar-refractivity contribution < 1.29 is 4.79 Å². The van der Waals surface area contributed by atoms with Crippen molar-refractivity contribution in [2.24, 2.45) is 0 Å². The van der Waals surface area contributed by atoms with Gasteiger partial charge in [-0.15, -0.1) is 11.3 Å². The maximum absolute atomic E-state index is 12.7. The molecular formula is C17H20N2OS. The summed E-state index contributed by atoms with van der Waals surface area (Å²) < 4.78 is 0. The monoisotopic (exact) mass is 300 g/mol. The molecule has 0 aliphatic carbocycles. The van der Waals surface area contributed by atoms with E-state index < -0.39 is 0 Å². The van der Waals surface area contributed by atoms with Crippen molar-refractivity contribution >= 4 is 17.2 Å². The van der Waals surface area contributed by atoms with Gasteiger partial charge in [0.2, 0.25) is 5.91 Å². The lowest BCUT2D eigenvalue weighted by Gasteiger charge is -2.26. The van der Waals surface area contributed by atoms with Crippen LogP contribution in [0, 0.1) is 0 Å². The maximum Gasteiger partial charge on any atom is 0.242 e. The van der Waals surface area contributed by atoms with Crippen molar-refractivity contribution in [1.29, 1.82) is 0 Å². The van der Waals surface area contributed by atoms with Crippen LogP contribution in [0.25, 0.3) is 0 Å². The topological polar surface area (TPSA) is 32.3 Å². The molecule has 2 aromatic rings. The number of hydrogen-bond acceptors (Lipinski definition) is 3. The minimum Gasteiger partial charge on any atom is -0.350 e. The molecule has 1 amide bonds. The summed E-state index contributed by atoms with van der Waals surface area (Å²) in [5, 5.41) is 5.13. The highest BCUT2D eigenvalue weighted by Crippen LogP contribution is 2.25. The zero-order chi connectivity index (χ0) is 14.5. The Labute approximate surface area is 129 Å². The van der Waals surface area contributed by atoms with Gasteiger partial charge in [0, 0.05) is 4.88 Å². The number of amides is 1. The van der Waals surface area contributed by atoms with Crippen LogP contribution in [0.15, 0.2) is 47.8 Å². The van der Waals surface area contributed by atoms with Gasteiger partial charge in [0.05, 0.1) is 6.54 Å². The van der Waals surface area contributed by atoms with Gasteiger partial charge in [-0.2, -0.15) is 0 Å². The van der Waals surface area contributed by atoms with Gasteiger partial charge in [-0.1, -0.05) is 36.4 Å². The first-order valence-corrected chi connectivity index (χ1v) is 8.31. The maximum atomic E-state index is 12.7. The Balaban J connectivity index is 1.73. The molecule has 0 saturated carbocycles. The summed E-state index contributed by atoms with van der Waals surface area (Å²) in [6.45, 7) is 2.63. The standard InChI is InChI=1S/C17H20N2OS/c20-17(18-13-15-9-6-12-21-15)16(19-10-4-5-11-19)14-7-2-1-3-8-14/h1-3,6-9,12,16H,4-5,10-11,13H2,(H,18,20). The lowest BCUT2D eigenvalue weighted by molar-refractivity contribution is -0.126. The minimum absolute atomic E-state index is 0.108. The Morgan fingerprint density at radius 1 is 1.14 bits per heavy atom. The van der Waals surface area contributed by atoms with E-state index in [2.05, 4.69) is 16.3 Å². The molecule has 21 heavy (non-hydrogen) atoms. The number of carbonyl (C=O) groups excluding carboxylic acids is 1. The summed E-state index contributed by atoms with van der Waals surface area (Å²) in [6, 6.07) is 14.0. The second-order valence-electron chi connectivity index (χ2n) is 5.35. The van der Waals surface area contributed by atoms with E-state index in [9.17, 15) is 4.79 Å². The molecule has 1 aliphatic rings. The van der Waals surface area contributed by atoms with Crippen LogP contribution in [-0.2, 0) is 11.3 Å². The van der Waals surface area contributed by atoms with E-state index in [1.54, 1.807) is 11.3 Å². The summed E-state index contributed by atoms with van der Waals surface area (Å²) in [6.07, 6.45) is 2.36. The van der Waals surface area contributed by atoms with Crippen molar-refractivity contribution in [2.45, 2.75) is 25.4 Å². The van der Waals surface area contributed by atoms with Crippen LogP contribution in [-0.4, -0.2) is 23.9 Å². The number of carbonyl (C=O) groups is 1. The van der Waals surface area contributed by atoms with Crippen molar-refractivity contribution in [3.8, 4) is 0 Å². The highest BCUT2D eigenvalue weighted by Gasteiger charge is 2.29. The Bertz CT molecular complexity index is 562. The Kier molecular flexibility index (Phi) is 4.68. The molecule has 4 heteroatoms. The fraction of sp³-hybridized carbons (Fsp3) is 0.353. The predicted octanol–water partition coefficient (Wildman–Crippen LogP) is 3.20. The molecule has 3 nitrogen and oxygen atoms in total. The van der Waals surface area contributed by atoms with E-state index in [1.807, 2.05) is 41.8 Å². The van der Waals surface area contributed by atoms with Crippen LogP contribution in [0.1, 0.15) is 29.3 Å². The predicted molar refractivity (Wildman–Crippen MR) is 86.2 cm³/mol. The third-order valence-corrected chi connectivity index (χ3v) is 4.76. The molecule has 110 valence electrons. The van der Waals surface area contributed by atoms with E-state index in [-0.39, 0.29) is 11.9 Å². The fourth-order valence-electron chi connectivity index (χ4n) is 2.85. The van der Waals surface area contributed by atoms with Crippen molar-refractivity contribution in [3.05, 3.63) is 58.3 Å². The fourth-order valence-corrected chi connectivity index (χ4v) is 3.49. The zero-order valence-corrected chi connectivity index (χ0v) is 12.8. The first kappa shape index (κ1) is 14.3. The summed E-state index contributed by atoms with van der Waals surface area (Å²) in [5.74, 6) is 0.108. The lowest BCUT2D eigenvalue weighted by atomic mass is 10.0. The van der Waals surface area contributed by atoms with Gasteiger partial charge in [0.25, 0.3) is 0 Å². The highest BCUT2D eigenvalue weighted by molar-refractivity contribution is 7.09. The smallest absolute Gasteiger partial charge is 0.242 e. The van der Waals surface area contributed by atoms with Gasteiger partial charge in [-0.05, 0) is 42.9 Å². The Morgan fingerprint density at radius 2 is 1.90 bits per heavy atom. The molecule has 1 aromatic heterocycles. The van der Waals surface area contributed by atoms with Crippen molar-refractivity contribution in [2.75, 3.05) is 13.1 Å². The third-order valence-electron chi connectivity index (χ3n) is 3.89. The van der Waals surface area contributed by atoms with Crippen LogP contribution in [0.2, 0.25) is 0 Å². The molecule has 2 heterocycles. The molecule has 0 bridgehead atoms. The van der Waals surface area contributed by atoms with E-state index in [4.69, 9.17) is 0 Å². The summed E-state index contributed by atoms with van der Waals surface area (Å²) in [5.41, 5.74) is 1.09. The van der Waals surface area contributed by atoms with Gasteiger partial charge in [-0.3, -0.25) is 9.69 Å². The lowest BCUT2D eigenvalue weighted by Crippen LogP contribution is -2.39. The van der Waals surface area contributed by atoms with Crippen LogP contribution < -0.4 is 5.32 Å². The first-order valence-electron chi connectivity index (χ1n) is 7.44. The van der Waals surface area contributed by atoms with Gasteiger partial charge in [-0.25, -0.2) is 0 Å². The quantitative estimate of drug-likeness (QED) is 0.919. The van der Waals surface area contributed by atoms with Crippen LogP contribution >= 0.6 is 11.3 Å². The van der Waals surface area contributed by atoms with Crippen LogP contribution in [0.4, 0.5) is 0 Å². The molecule has 1 saturated heterocycles. The number of benzene rings is 1. The number of nitrogens with one attached hydrogen (secondary N) is 1. The zero-order valence-electron chi connectivity index (χ0n) is 12.0. The molecule has 1 N–H and O–H groups in total. The SMILES string of the molecule is O=C(NCc1cccs1)C(c1ccccc1)N1CCCC1. The molecule has 1 unspecified atom stereocenters. The largest absolute Gasteiger partial charge is 0.350 e. The second kappa shape index (κ2) is 6.87. The van der Waals surface area contributed by atoms with Gasteiger partial charge in [0.1, 0.15) is 6.04 Å². The molecular weight excluding hydrogens is 280 g/mol. The van der Waals surface area contributed by atoms with E-state index in [0.717, 1.165) is 18.7 Å². The Morgan fingerprint density at radius 3 is 2.57 bits per heavy atom. The number of rotatable bonds is 5. The second-order valence-corrected chi connectivity index (χ2v) is 6.39. The molecule has 1 aromatic carbocycles. The highest BCUT2D eigenvalue weighted by atomic mass is 32.1. The number of hydrogen-bond donors (Lipinski definition) is 1. The number of likely N-dealkylation sites (tertiary alicyclic amines) is 1. The summed E-state index contributed by atoms with van der Waals surface area (Å²) >= 11 is 1.68. The molecule has 0 radical (unpaired) electrons. The van der Waals surface area contributed by atoms with Gasteiger partial charge in [0.15, 0.2) is 0 Å². The molecule has 1 fully saturated rings. The molecule has 1 atom stereocenters. The number of thiophene rings is 1. The summed E-state index contributed by atoms with van der Waals surface area (Å²) in [4.78, 5) is 16.2. The average Bonchev–Trinajstić information content (AvgIpc) is 3.20. The van der Waals surface area contributed by atoms with E-state index in [0.29, 0.717) is 6.54 Å². The van der Waals surface area contributed by atoms with Gasteiger partial charge < -0.3 is 5.32 Å². The van der Waals surface area contributed by atoms with Crippen LogP contribution in [0.5, 0.6) is 0 Å². The van der Waals surface area contributed by atoms with Crippen LogP contribution in [0.3, 0.4) is 0 Å². The van der Waals surface area contributed by atoms with Gasteiger partial charge >= 0.3 is 0 Å².